The van der Waals surface area contributed by atoms with Crippen LogP contribution in [-0.4, -0.2) is 45.8 Å². The topological polar surface area (TPSA) is 72.0 Å². The van der Waals surface area contributed by atoms with Crippen LogP contribution < -0.4 is 10.6 Å². The summed E-state index contributed by atoms with van der Waals surface area (Å²) in [5, 5.41) is 6.85. The Balaban J connectivity index is 0.00000392. The number of aliphatic imine (C=N–C) groups is 1. The first-order chi connectivity index (χ1) is 13.1. The van der Waals surface area contributed by atoms with Crippen LogP contribution >= 0.6 is 24.0 Å². The lowest BCUT2D eigenvalue weighted by molar-refractivity contribution is 0.0600. The number of methoxy groups -OCH3 is 2. The number of hydrogen-bond donors (Lipinski definition) is 2. The van der Waals surface area contributed by atoms with Gasteiger partial charge in [0.25, 0.3) is 0 Å². The van der Waals surface area contributed by atoms with Gasteiger partial charge in [-0.15, -0.1) is 24.0 Å². The first kappa shape index (κ1) is 24.7. The van der Waals surface area contributed by atoms with Crippen molar-refractivity contribution >= 4 is 35.9 Å². The van der Waals surface area contributed by atoms with Crippen LogP contribution in [0.25, 0.3) is 0 Å². The standard InChI is InChI=1S/C21H33N3O3.HI/c1-4-22-20(24-16-21(13-14-26-2)11-5-6-12-21)23-15-17-7-9-18(10-8-17)19(25)27-3;/h7-10H,4-6,11-16H2,1-3H3,(H2,22,23,24);1H. The maximum Gasteiger partial charge on any atom is 0.337 e. The van der Waals surface area contributed by atoms with E-state index in [4.69, 9.17) is 14.5 Å². The molecule has 2 N–H and O–H groups in total. The number of carbonyl (C=O) groups excluding carboxylic acids is 1. The van der Waals surface area contributed by atoms with Gasteiger partial charge in [0.05, 0.1) is 19.2 Å². The molecule has 0 heterocycles. The van der Waals surface area contributed by atoms with Crippen molar-refractivity contribution in [3.05, 3.63) is 35.4 Å². The molecular weight excluding hydrogens is 469 g/mol. The molecule has 2 rings (SSSR count). The SMILES string of the molecule is CCNC(=NCc1ccc(C(=O)OC)cc1)NCC1(CCOC)CCCC1.I. The number of nitrogens with one attached hydrogen (secondary N) is 2. The van der Waals surface area contributed by atoms with Crippen LogP contribution in [0.1, 0.15) is 54.9 Å². The molecule has 158 valence electrons. The second-order valence-electron chi connectivity index (χ2n) is 7.19. The van der Waals surface area contributed by atoms with Gasteiger partial charge in [0.1, 0.15) is 0 Å². The smallest absolute Gasteiger partial charge is 0.337 e. The Morgan fingerprint density at radius 3 is 2.39 bits per heavy atom. The van der Waals surface area contributed by atoms with Gasteiger partial charge in [0.15, 0.2) is 5.96 Å². The number of halogens is 1. The molecule has 0 aliphatic heterocycles. The van der Waals surface area contributed by atoms with Gasteiger partial charge in [-0.25, -0.2) is 9.79 Å². The molecule has 0 amide bonds. The van der Waals surface area contributed by atoms with E-state index in [2.05, 4.69) is 17.6 Å². The molecule has 1 aromatic carbocycles. The van der Waals surface area contributed by atoms with Crippen LogP contribution in [-0.2, 0) is 16.0 Å². The molecule has 6 nitrogen and oxygen atoms in total. The third-order valence-electron chi connectivity index (χ3n) is 5.27. The highest BCUT2D eigenvalue weighted by Crippen LogP contribution is 2.40. The zero-order chi connectivity index (χ0) is 19.5. The number of nitrogens with zero attached hydrogens (tertiary/aromatic N) is 1. The maximum absolute atomic E-state index is 11.5. The van der Waals surface area contributed by atoms with Crippen molar-refractivity contribution in [2.45, 2.75) is 45.6 Å². The molecule has 1 saturated carbocycles. The quantitative estimate of drug-likeness (QED) is 0.233. The molecule has 1 aliphatic carbocycles. The van der Waals surface area contributed by atoms with Crippen molar-refractivity contribution in [1.29, 1.82) is 0 Å². The van der Waals surface area contributed by atoms with E-state index in [0.717, 1.165) is 37.6 Å². The molecule has 0 radical (unpaired) electrons. The zero-order valence-electron chi connectivity index (χ0n) is 17.3. The van der Waals surface area contributed by atoms with Crippen LogP contribution in [0.3, 0.4) is 0 Å². The lowest BCUT2D eigenvalue weighted by Crippen LogP contribution is -2.43. The molecule has 0 unspecified atom stereocenters. The van der Waals surface area contributed by atoms with E-state index in [-0.39, 0.29) is 29.9 Å². The average molecular weight is 503 g/mol. The van der Waals surface area contributed by atoms with E-state index in [1.165, 1.54) is 32.8 Å². The minimum absolute atomic E-state index is 0. The highest BCUT2D eigenvalue weighted by molar-refractivity contribution is 14.0. The van der Waals surface area contributed by atoms with Crippen LogP contribution in [0.5, 0.6) is 0 Å². The van der Waals surface area contributed by atoms with Gasteiger partial charge in [0, 0.05) is 26.8 Å². The van der Waals surface area contributed by atoms with E-state index in [9.17, 15) is 4.79 Å². The number of hydrogen-bond acceptors (Lipinski definition) is 4. The molecule has 0 bridgehead atoms. The molecule has 1 fully saturated rings. The van der Waals surface area contributed by atoms with Gasteiger partial charge in [-0.2, -0.15) is 0 Å². The lowest BCUT2D eigenvalue weighted by Gasteiger charge is -2.30. The predicted octanol–water partition coefficient (Wildman–Crippen LogP) is 3.74. The number of benzene rings is 1. The Morgan fingerprint density at radius 2 is 1.82 bits per heavy atom. The fraction of sp³-hybridized carbons (Fsp3) is 0.619. The number of carbonyl (C=O) groups is 1. The fourth-order valence-electron chi connectivity index (χ4n) is 3.61. The second-order valence-corrected chi connectivity index (χ2v) is 7.19. The third-order valence-corrected chi connectivity index (χ3v) is 5.27. The van der Waals surface area contributed by atoms with Crippen molar-refractivity contribution in [1.82, 2.24) is 10.6 Å². The predicted molar refractivity (Wildman–Crippen MR) is 123 cm³/mol. The highest BCUT2D eigenvalue weighted by atomic mass is 127. The normalized spacial score (nSPS) is 15.6. The van der Waals surface area contributed by atoms with Crippen LogP contribution in [0.15, 0.2) is 29.3 Å². The van der Waals surface area contributed by atoms with E-state index in [1.54, 1.807) is 19.2 Å². The van der Waals surface area contributed by atoms with Crippen molar-refractivity contribution in [3.63, 3.8) is 0 Å². The Bertz CT molecular complexity index is 614. The summed E-state index contributed by atoms with van der Waals surface area (Å²) in [5.41, 5.74) is 1.92. The zero-order valence-corrected chi connectivity index (χ0v) is 19.6. The van der Waals surface area contributed by atoms with Gasteiger partial charge in [0.2, 0.25) is 0 Å². The molecule has 28 heavy (non-hydrogen) atoms. The fourth-order valence-corrected chi connectivity index (χ4v) is 3.61. The van der Waals surface area contributed by atoms with Crippen molar-refractivity contribution < 1.29 is 14.3 Å². The number of ether oxygens (including phenoxy) is 2. The summed E-state index contributed by atoms with van der Waals surface area (Å²) >= 11 is 0. The van der Waals surface area contributed by atoms with Gasteiger partial charge < -0.3 is 20.1 Å². The molecular formula is C21H34IN3O3. The molecule has 1 aromatic rings. The van der Waals surface area contributed by atoms with Crippen LogP contribution in [0.2, 0.25) is 0 Å². The largest absolute Gasteiger partial charge is 0.465 e. The first-order valence-electron chi connectivity index (χ1n) is 9.81. The summed E-state index contributed by atoms with van der Waals surface area (Å²) in [6, 6.07) is 7.37. The summed E-state index contributed by atoms with van der Waals surface area (Å²) < 4.78 is 10.0. The first-order valence-corrected chi connectivity index (χ1v) is 9.81. The molecule has 7 heteroatoms. The number of guanidine groups is 1. The number of esters is 1. The van der Waals surface area contributed by atoms with E-state index in [1.807, 2.05) is 12.1 Å². The summed E-state index contributed by atoms with van der Waals surface area (Å²) in [6.07, 6.45) is 6.18. The van der Waals surface area contributed by atoms with Gasteiger partial charge in [-0.3, -0.25) is 0 Å². The second kappa shape index (κ2) is 13.0. The van der Waals surface area contributed by atoms with Crippen LogP contribution in [0.4, 0.5) is 0 Å². The minimum atomic E-state index is -0.321. The Labute approximate surface area is 185 Å². The molecule has 0 saturated heterocycles. The molecule has 0 aromatic heterocycles. The number of rotatable bonds is 9. The third kappa shape index (κ3) is 7.58. The lowest BCUT2D eigenvalue weighted by atomic mass is 9.83. The Morgan fingerprint density at radius 1 is 1.14 bits per heavy atom. The van der Waals surface area contributed by atoms with Crippen molar-refractivity contribution in [2.24, 2.45) is 10.4 Å². The Hall–Kier alpha value is -1.35. The van der Waals surface area contributed by atoms with E-state index in [0.29, 0.717) is 17.5 Å². The van der Waals surface area contributed by atoms with Gasteiger partial charge >= 0.3 is 5.97 Å². The Kier molecular flexibility index (Phi) is 11.4. The molecule has 0 spiro atoms. The van der Waals surface area contributed by atoms with E-state index < -0.39 is 0 Å². The minimum Gasteiger partial charge on any atom is -0.465 e. The van der Waals surface area contributed by atoms with Gasteiger partial charge in [-0.05, 0) is 49.3 Å². The summed E-state index contributed by atoms with van der Waals surface area (Å²) in [7, 11) is 3.16. The van der Waals surface area contributed by atoms with Crippen LogP contribution in [0, 0.1) is 5.41 Å². The molecule has 0 atom stereocenters. The van der Waals surface area contributed by atoms with Crippen molar-refractivity contribution in [2.75, 3.05) is 33.9 Å². The summed E-state index contributed by atoms with van der Waals surface area (Å²) in [4.78, 5) is 16.2. The highest BCUT2D eigenvalue weighted by Gasteiger charge is 2.33. The van der Waals surface area contributed by atoms with Gasteiger partial charge in [-0.1, -0.05) is 25.0 Å². The van der Waals surface area contributed by atoms with Crippen molar-refractivity contribution in [3.8, 4) is 0 Å². The molecule has 1 aliphatic rings. The maximum atomic E-state index is 11.5. The summed E-state index contributed by atoms with van der Waals surface area (Å²) in [5.74, 6) is 0.510. The van der Waals surface area contributed by atoms with E-state index >= 15 is 0 Å². The average Bonchev–Trinajstić information content (AvgIpc) is 3.17. The monoisotopic (exact) mass is 503 g/mol. The summed E-state index contributed by atoms with van der Waals surface area (Å²) in [6.45, 7) is 5.17.